The Morgan fingerprint density at radius 2 is 0.679 bits per heavy atom. The lowest BCUT2D eigenvalue weighted by molar-refractivity contribution is -0.385. The molecule has 0 aliphatic carbocycles. The van der Waals surface area contributed by atoms with Gasteiger partial charge in [-0.3, -0.25) is 59.1 Å². The van der Waals surface area contributed by atoms with Gasteiger partial charge in [-0.15, -0.1) is 0 Å². The van der Waals surface area contributed by atoms with Crippen LogP contribution in [0.1, 0.15) is 50.3 Å². The molecule has 3 saturated heterocycles. The van der Waals surface area contributed by atoms with Crippen LogP contribution < -0.4 is 36.1 Å². The highest BCUT2D eigenvalue weighted by Gasteiger charge is 2.36. The molecular formula is C76H87ClFN15O13. The van der Waals surface area contributed by atoms with Gasteiger partial charge in [-0.25, -0.2) is 4.39 Å². The van der Waals surface area contributed by atoms with Crippen molar-refractivity contribution in [1.29, 1.82) is 0 Å². The van der Waals surface area contributed by atoms with Crippen LogP contribution in [-0.4, -0.2) is 223 Å². The number of fused-ring (bicyclic) bond motifs is 3. The largest absolute Gasteiger partial charge is 0.497 e. The molecule has 30 heteroatoms. The fourth-order valence-electron chi connectivity index (χ4n) is 13.7. The summed E-state index contributed by atoms with van der Waals surface area (Å²) in [4.78, 5) is 130. The highest BCUT2D eigenvalue weighted by Crippen LogP contribution is 2.38. The second-order valence-corrected chi connectivity index (χ2v) is 27.3. The first-order valence-electron chi connectivity index (χ1n) is 35.0. The molecular weight excluding hydrogens is 1390 g/mol. The molecule has 0 N–H and O–H groups in total. The molecule has 0 saturated carbocycles. The average Bonchev–Trinajstić information content (AvgIpc) is 0.760. The number of aryl methyl sites for hydroxylation is 3. The number of halogens is 2. The molecule has 28 nitrogen and oxygen atoms in total. The fourth-order valence-corrected chi connectivity index (χ4v) is 13.9. The van der Waals surface area contributed by atoms with E-state index in [9.17, 15) is 63.5 Å². The van der Waals surface area contributed by atoms with E-state index in [1.54, 1.807) is 82.5 Å². The van der Waals surface area contributed by atoms with E-state index in [0.29, 0.717) is 195 Å². The van der Waals surface area contributed by atoms with Crippen molar-refractivity contribution in [2.75, 3.05) is 162 Å². The number of para-hydroxylation sites is 3. The molecule has 3 amide bonds. The van der Waals surface area contributed by atoms with Gasteiger partial charge >= 0.3 is 33.7 Å². The smallest absolute Gasteiger partial charge is 0.357 e. The Kier molecular flexibility index (Phi) is 25.7. The molecule has 3 aromatic heterocycles. The normalized spacial score (nSPS) is 14.0. The Labute approximate surface area is 616 Å². The lowest BCUT2D eigenvalue weighted by atomic mass is 10.1. The van der Waals surface area contributed by atoms with Gasteiger partial charge in [-0.2, -0.15) is 0 Å². The van der Waals surface area contributed by atoms with Crippen molar-refractivity contribution in [2.24, 2.45) is 0 Å². The minimum absolute atomic E-state index is 0.104. The van der Waals surface area contributed by atoms with E-state index in [1.807, 2.05) is 132 Å². The van der Waals surface area contributed by atoms with Crippen LogP contribution in [-0.2, 0) is 19.6 Å². The molecule has 106 heavy (non-hydrogen) atoms. The molecule has 0 atom stereocenters. The first-order chi connectivity index (χ1) is 50.9. The van der Waals surface area contributed by atoms with Crippen LogP contribution in [0.5, 0.6) is 5.75 Å². The Morgan fingerprint density at radius 1 is 0.415 bits per heavy atom. The first kappa shape index (κ1) is 77.5. The van der Waals surface area contributed by atoms with Crippen LogP contribution in [0.15, 0.2) is 160 Å². The Morgan fingerprint density at radius 3 is 0.943 bits per heavy atom. The Hall–Kier alpha value is -11.1. The molecule has 9 aromatic rings. The van der Waals surface area contributed by atoms with Gasteiger partial charge in [-0.05, 0) is 172 Å². The van der Waals surface area contributed by atoms with Gasteiger partial charge in [0.2, 0.25) is 0 Å². The SMILES string of the molecule is CN(C)CCCn1c(=O)c([N+](=O)[O-])c(N2CCN(C(=O)c3ccc(Cl)cc3)CC2)c2ccccc21.CN(C)CCCn1c(=O)c([N+](=O)[O-])c(N2CCN(C(=O)c3ccc(F)cc3)CC2)c2ccccc21.COc1ccc(C(=O)N2CCN(c3c([N+](=O)[O-])c(=O)n(CCCN(C)C)c4ccccc34)CC2)cc1. The average molecular weight is 1470 g/mol. The molecule has 12 rings (SSSR count). The molecule has 0 spiro atoms. The molecule has 3 fully saturated rings. The maximum atomic E-state index is 13.4. The maximum absolute atomic E-state index is 13.4. The van der Waals surface area contributed by atoms with Gasteiger partial charge in [0.15, 0.2) is 0 Å². The van der Waals surface area contributed by atoms with Crippen molar-refractivity contribution < 1.29 is 38.3 Å². The summed E-state index contributed by atoms with van der Waals surface area (Å²) in [7, 11) is 13.2. The number of nitrogens with zero attached hydrogens (tertiary/aromatic N) is 15. The van der Waals surface area contributed by atoms with Crippen molar-refractivity contribution in [3.05, 3.63) is 235 Å². The molecule has 0 radical (unpaired) electrons. The molecule has 6 heterocycles. The third-order valence-electron chi connectivity index (χ3n) is 19.0. The number of hydrogen-bond acceptors (Lipinski definition) is 19. The molecule has 0 bridgehead atoms. The van der Waals surface area contributed by atoms with E-state index < -0.39 is 54.3 Å². The predicted octanol–water partition coefficient (Wildman–Crippen LogP) is 9.27. The van der Waals surface area contributed by atoms with Gasteiger partial charge in [0, 0.05) is 136 Å². The summed E-state index contributed by atoms with van der Waals surface area (Å²) < 4.78 is 22.9. The fraction of sp³-hybridized carbons (Fsp3) is 0.368. The summed E-state index contributed by atoms with van der Waals surface area (Å²) in [6, 6.07) is 40.9. The molecule has 0 unspecified atom stereocenters. The van der Waals surface area contributed by atoms with E-state index in [0.717, 1.165) is 19.6 Å². The van der Waals surface area contributed by atoms with E-state index in [2.05, 4.69) is 0 Å². The molecule has 3 aliphatic heterocycles. The molecule has 6 aromatic carbocycles. The van der Waals surface area contributed by atoms with Gasteiger partial charge < -0.3 is 62.5 Å². The van der Waals surface area contributed by atoms with Gasteiger partial charge in [0.25, 0.3) is 17.7 Å². The Bertz CT molecular complexity index is 4670. The summed E-state index contributed by atoms with van der Waals surface area (Å²) in [6.45, 7) is 7.85. The number of nitro groups is 3. The lowest BCUT2D eigenvalue weighted by Gasteiger charge is -2.36. The summed E-state index contributed by atoms with van der Waals surface area (Å²) in [6.07, 6.45) is 2.07. The summed E-state index contributed by atoms with van der Waals surface area (Å²) in [5.41, 5.74) is 1.39. The lowest BCUT2D eigenvalue weighted by Crippen LogP contribution is -2.49. The zero-order chi connectivity index (χ0) is 76.0. The molecule has 3 aliphatic rings. The monoisotopic (exact) mass is 1470 g/mol. The van der Waals surface area contributed by atoms with Crippen LogP contribution in [0.2, 0.25) is 5.02 Å². The summed E-state index contributed by atoms with van der Waals surface area (Å²) >= 11 is 5.93. The van der Waals surface area contributed by atoms with Crippen LogP contribution >= 0.6 is 11.6 Å². The number of benzene rings is 6. The van der Waals surface area contributed by atoms with Crippen molar-refractivity contribution in [3.63, 3.8) is 0 Å². The van der Waals surface area contributed by atoms with E-state index in [4.69, 9.17) is 16.3 Å². The number of carbonyl (C=O) groups excluding carboxylic acids is 3. The number of anilines is 3. The number of aromatic nitrogens is 3. The molecule has 558 valence electrons. The quantitative estimate of drug-likeness (QED) is 0.0451. The number of amides is 3. The van der Waals surface area contributed by atoms with Crippen LogP contribution in [0.3, 0.4) is 0 Å². The second-order valence-electron chi connectivity index (χ2n) is 26.8. The maximum Gasteiger partial charge on any atom is 0.357 e. The van der Waals surface area contributed by atoms with Crippen molar-refractivity contribution in [2.45, 2.75) is 38.9 Å². The Balaban J connectivity index is 0.000000170. The van der Waals surface area contributed by atoms with E-state index in [1.165, 1.54) is 38.0 Å². The first-order valence-corrected chi connectivity index (χ1v) is 35.4. The number of methoxy groups -OCH3 is 1. The number of piperazine rings is 3. The van der Waals surface area contributed by atoms with Gasteiger partial charge in [-0.1, -0.05) is 66.2 Å². The number of carbonyl (C=O) groups is 3. The highest BCUT2D eigenvalue weighted by molar-refractivity contribution is 6.30. The van der Waals surface area contributed by atoms with E-state index in [-0.39, 0.29) is 17.7 Å². The van der Waals surface area contributed by atoms with Crippen LogP contribution in [0.4, 0.5) is 38.5 Å². The number of ether oxygens (including phenoxy) is 1. The van der Waals surface area contributed by atoms with Crippen molar-refractivity contribution >= 4 is 96.2 Å². The highest BCUT2D eigenvalue weighted by atomic mass is 35.5. The number of hydrogen-bond donors (Lipinski definition) is 0. The topological polar surface area (TPSA) is 285 Å². The minimum Gasteiger partial charge on any atom is -0.497 e. The second kappa shape index (κ2) is 35.1. The van der Waals surface area contributed by atoms with Crippen molar-refractivity contribution in [1.82, 2.24) is 43.1 Å². The number of rotatable bonds is 22. The standard InChI is InChI=1S/C26H31N5O5.C25H28ClN5O4.C25H28FN5O4/c1-27(2)13-6-14-30-22-8-5-4-7-21(22)23(24(26(30)33)31(34)35)28-15-17-29(18-16-28)25(32)19-9-11-20(36-3)12-10-19;2*1-27(2)12-5-13-30-21-7-4-3-6-20(21)22(23(25(30)33)31(34)35)28-14-16-29(17-15-28)24(32)18-8-10-19(26)11-9-18/h4-5,7-12H,6,13-18H2,1-3H3;2*3-4,6-11H,5,12-17H2,1-2H3. The zero-order valence-corrected chi connectivity index (χ0v) is 61.2. The predicted molar refractivity (Wildman–Crippen MR) is 409 cm³/mol. The third kappa shape index (κ3) is 17.8. The zero-order valence-electron chi connectivity index (χ0n) is 60.5. The van der Waals surface area contributed by atoms with Crippen LogP contribution in [0, 0.1) is 36.2 Å². The van der Waals surface area contributed by atoms with Gasteiger partial charge in [0.1, 0.15) is 28.6 Å². The van der Waals surface area contributed by atoms with E-state index >= 15 is 0 Å². The summed E-state index contributed by atoms with van der Waals surface area (Å²) in [5, 5.41) is 38.9. The van der Waals surface area contributed by atoms with Crippen molar-refractivity contribution in [3.8, 4) is 5.75 Å². The van der Waals surface area contributed by atoms with Gasteiger partial charge in [0.05, 0.1) is 38.4 Å². The third-order valence-corrected chi connectivity index (χ3v) is 19.3. The minimum atomic E-state index is -0.618. The number of pyridine rings is 3. The van der Waals surface area contributed by atoms with Crippen LogP contribution in [0.25, 0.3) is 32.7 Å². The summed E-state index contributed by atoms with van der Waals surface area (Å²) in [5.74, 6) is -0.181.